The van der Waals surface area contributed by atoms with Gasteiger partial charge in [0.05, 0.1) is 16.3 Å². The highest BCUT2D eigenvalue weighted by atomic mass is 79.9. The second-order valence-electron chi connectivity index (χ2n) is 3.01. The zero-order valence-electron chi connectivity index (χ0n) is 7.81. The molecular weight excluding hydrogens is 303 g/mol. The molecule has 0 saturated carbocycles. The maximum absolute atomic E-state index is 13.6. The zero-order valence-corrected chi connectivity index (χ0v) is 10.1. The average Bonchev–Trinajstić information content (AvgIpc) is 2.71. The van der Waals surface area contributed by atoms with E-state index in [1.165, 1.54) is 6.39 Å². The van der Waals surface area contributed by atoms with Crippen LogP contribution in [-0.2, 0) is 5.33 Å². The maximum Gasteiger partial charge on any atom is 0.181 e. The summed E-state index contributed by atoms with van der Waals surface area (Å²) in [5.41, 5.74) is 0.509. The van der Waals surface area contributed by atoms with Crippen LogP contribution in [0.15, 0.2) is 22.9 Å². The highest BCUT2D eigenvalue weighted by Gasteiger charge is 2.16. The predicted octanol–water partition coefficient (Wildman–Crippen LogP) is 4.17. The van der Waals surface area contributed by atoms with Crippen LogP contribution >= 0.6 is 27.5 Å². The lowest BCUT2D eigenvalue weighted by Crippen LogP contribution is -1.90. The number of hydrogen-bond donors (Lipinski definition) is 0. The number of alkyl halides is 1. The molecule has 0 aliphatic rings. The van der Waals surface area contributed by atoms with Crippen LogP contribution in [-0.4, -0.2) is 4.98 Å². The molecule has 1 aromatic heterocycles. The fraction of sp³-hybridized carbons (Fsp3) is 0.100. The van der Waals surface area contributed by atoms with E-state index >= 15 is 0 Å². The summed E-state index contributed by atoms with van der Waals surface area (Å²) in [7, 11) is 0. The molecule has 1 aromatic carbocycles. The molecule has 0 unspecified atom stereocenters. The SMILES string of the molecule is Fc1cc(-c2ocnc2CBr)c(F)cc1Cl. The van der Waals surface area contributed by atoms with E-state index in [1.807, 2.05) is 0 Å². The van der Waals surface area contributed by atoms with E-state index in [9.17, 15) is 8.78 Å². The first-order valence-electron chi connectivity index (χ1n) is 4.26. The molecule has 0 aliphatic heterocycles. The third-order valence-electron chi connectivity index (χ3n) is 2.02. The summed E-state index contributed by atoms with van der Waals surface area (Å²) in [4.78, 5) is 3.87. The molecule has 0 radical (unpaired) electrons. The van der Waals surface area contributed by atoms with Crippen molar-refractivity contribution in [3.05, 3.63) is 40.9 Å². The van der Waals surface area contributed by atoms with Crippen molar-refractivity contribution in [2.24, 2.45) is 0 Å². The zero-order chi connectivity index (χ0) is 11.7. The predicted molar refractivity (Wildman–Crippen MR) is 59.5 cm³/mol. The fourth-order valence-electron chi connectivity index (χ4n) is 1.28. The Kier molecular flexibility index (Phi) is 3.25. The molecule has 2 nitrogen and oxygen atoms in total. The second kappa shape index (κ2) is 4.51. The summed E-state index contributed by atoms with van der Waals surface area (Å²) in [6.45, 7) is 0. The first-order chi connectivity index (χ1) is 7.63. The number of hydrogen-bond acceptors (Lipinski definition) is 2. The van der Waals surface area contributed by atoms with Gasteiger partial charge in [-0.25, -0.2) is 13.8 Å². The number of aromatic nitrogens is 1. The van der Waals surface area contributed by atoms with E-state index < -0.39 is 11.6 Å². The van der Waals surface area contributed by atoms with Crippen molar-refractivity contribution in [3.8, 4) is 11.3 Å². The Labute approximate surface area is 103 Å². The summed E-state index contributed by atoms with van der Waals surface area (Å²) in [5.74, 6) is -1.15. The van der Waals surface area contributed by atoms with E-state index in [-0.39, 0.29) is 16.3 Å². The van der Waals surface area contributed by atoms with Gasteiger partial charge in [-0.3, -0.25) is 0 Å². The Balaban J connectivity index is 2.60. The quantitative estimate of drug-likeness (QED) is 0.615. The highest BCUT2D eigenvalue weighted by Crippen LogP contribution is 2.30. The van der Waals surface area contributed by atoms with E-state index in [1.54, 1.807) is 0 Å². The summed E-state index contributed by atoms with van der Waals surface area (Å²) in [6, 6.07) is 1.90. The Morgan fingerprint density at radius 1 is 1.31 bits per heavy atom. The van der Waals surface area contributed by atoms with Gasteiger partial charge in [-0.1, -0.05) is 27.5 Å². The average molecular weight is 309 g/mol. The molecule has 0 aliphatic carbocycles. The molecule has 84 valence electrons. The van der Waals surface area contributed by atoms with E-state index in [0.29, 0.717) is 11.0 Å². The Bertz CT molecular complexity index is 530. The van der Waals surface area contributed by atoms with Crippen LogP contribution in [0.1, 0.15) is 5.69 Å². The minimum Gasteiger partial charge on any atom is -0.443 e. The number of rotatable bonds is 2. The monoisotopic (exact) mass is 307 g/mol. The van der Waals surface area contributed by atoms with Crippen molar-refractivity contribution in [2.45, 2.75) is 5.33 Å². The molecule has 0 bridgehead atoms. The van der Waals surface area contributed by atoms with Gasteiger partial charge in [0.2, 0.25) is 0 Å². The van der Waals surface area contributed by atoms with Gasteiger partial charge in [0.1, 0.15) is 11.6 Å². The summed E-state index contributed by atoms with van der Waals surface area (Å²) < 4.78 is 31.8. The normalized spacial score (nSPS) is 10.8. The van der Waals surface area contributed by atoms with Crippen LogP contribution in [0.5, 0.6) is 0 Å². The van der Waals surface area contributed by atoms with Crippen LogP contribution in [0.2, 0.25) is 5.02 Å². The molecular formula is C10H5BrClF2NO. The highest BCUT2D eigenvalue weighted by molar-refractivity contribution is 9.08. The Morgan fingerprint density at radius 3 is 2.75 bits per heavy atom. The van der Waals surface area contributed by atoms with Crippen molar-refractivity contribution in [3.63, 3.8) is 0 Å². The fourth-order valence-corrected chi connectivity index (χ4v) is 1.83. The molecule has 0 fully saturated rings. The Hall–Kier alpha value is -0.940. The van der Waals surface area contributed by atoms with Gasteiger partial charge in [0, 0.05) is 5.33 Å². The molecule has 6 heteroatoms. The van der Waals surface area contributed by atoms with Crippen LogP contribution in [0.25, 0.3) is 11.3 Å². The minimum absolute atomic E-state index is 0.00819. The van der Waals surface area contributed by atoms with E-state index in [2.05, 4.69) is 20.9 Å². The first-order valence-corrected chi connectivity index (χ1v) is 5.76. The van der Waals surface area contributed by atoms with Gasteiger partial charge in [-0.15, -0.1) is 0 Å². The Morgan fingerprint density at radius 2 is 2.06 bits per heavy atom. The van der Waals surface area contributed by atoms with Crippen LogP contribution < -0.4 is 0 Å². The minimum atomic E-state index is -0.699. The molecule has 0 atom stereocenters. The summed E-state index contributed by atoms with van der Waals surface area (Å²) in [5, 5.41) is 0.129. The van der Waals surface area contributed by atoms with Gasteiger partial charge in [0.25, 0.3) is 0 Å². The van der Waals surface area contributed by atoms with Gasteiger partial charge < -0.3 is 4.42 Å². The van der Waals surface area contributed by atoms with Crippen molar-refractivity contribution in [1.29, 1.82) is 0 Å². The van der Waals surface area contributed by atoms with Crippen LogP contribution in [0, 0.1) is 11.6 Å². The number of benzene rings is 1. The molecule has 0 saturated heterocycles. The lowest BCUT2D eigenvalue weighted by Gasteiger charge is -2.02. The van der Waals surface area contributed by atoms with Gasteiger partial charge in [-0.2, -0.15) is 0 Å². The molecule has 0 spiro atoms. The first kappa shape index (κ1) is 11.5. The molecule has 2 aromatic rings. The smallest absolute Gasteiger partial charge is 0.181 e. The maximum atomic E-state index is 13.6. The van der Waals surface area contributed by atoms with Gasteiger partial charge in [0.15, 0.2) is 12.2 Å². The topological polar surface area (TPSA) is 26.0 Å². The van der Waals surface area contributed by atoms with Crippen molar-refractivity contribution >= 4 is 27.5 Å². The standard InChI is InChI=1S/C10H5BrClF2NO/c11-3-9-10(16-4-15-9)5-1-8(14)6(12)2-7(5)13/h1-2,4H,3H2. The number of nitrogens with zero attached hydrogens (tertiary/aromatic N) is 1. The lowest BCUT2D eigenvalue weighted by molar-refractivity contribution is 0.556. The number of oxazole rings is 1. The van der Waals surface area contributed by atoms with Crippen molar-refractivity contribution < 1.29 is 13.2 Å². The molecule has 16 heavy (non-hydrogen) atoms. The molecule has 2 rings (SSSR count). The molecule has 1 heterocycles. The van der Waals surface area contributed by atoms with E-state index in [4.69, 9.17) is 16.0 Å². The second-order valence-corrected chi connectivity index (χ2v) is 3.98. The van der Waals surface area contributed by atoms with Gasteiger partial charge in [-0.05, 0) is 12.1 Å². The van der Waals surface area contributed by atoms with Crippen molar-refractivity contribution in [2.75, 3.05) is 0 Å². The number of halogens is 4. The third-order valence-corrected chi connectivity index (χ3v) is 2.84. The van der Waals surface area contributed by atoms with Gasteiger partial charge >= 0.3 is 0 Å². The van der Waals surface area contributed by atoms with E-state index in [0.717, 1.165) is 12.1 Å². The lowest BCUT2D eigenvalue weighted by atomic mass is 10.1. The van der Waals surface area contributed by atoms with Crippen molar-refractivity contribution in [1.82, 2.24) is 4.98 Å². The van der Waals surface area contributed by atoms with Crippen LogP contribution in [0.3, 0.4) is 0 Å². The summed E-state index contributed by atoms with van der Waals surface area (Å²) in [6.07, 6.45) is 1.18. The largest absolute Gasteiger partial charge is 0.443 e. The third kappa shape index (κ3) is 1.97. The van der Waals surface area contributed by atoms with Crippen LogP contribution in [0.4, 0.5) is 8.78 Å². The molecule has 0 amide bonds. The summed E-state index contributed by atoms with van der Waals surface area (Å²) >= 11 is 8.63. The molecule has 0 N–H and O–H groups in total.